The number of aliphatic hydroxyl groups is 1. The highest BCUT2D eigenvalue weighted by Crippen LogP contribution is 2.32. The van der Waals surface area contributed by atoms with Gasteiger partial charge in [-0.05, 0) is 30.0 Å². The third-order valence-electron chi connectivity index (χ3n) is 3.41. The van der Waals surface area contributed by atoms with E-state index < -0.39 is 16.1 Å². The standard InChI is InChI=1S/C15H17NO5S2/c17-12(15-2-1-9-22-15)5-6-16-23(18,19)11-3-4-13-14(10-11)21-8-7-20-13/h1-4,9-10,12,16-17H,5-8H2. The Balaban J connectivity index is 1.63. The fraction of sp³-hybridized carbons (Fsp3) is 0.333. The van der Waals surface area contributed by atoms with E-state index in [0.717, 1.165) is 4.88 Å². The van der Waals surface area contributed by atoms with Crippen molar-refractivity contribution in [3.63, 3.8) is 0 Å². The Bertz CT molecular complexity index is 758. The Labute approximate surface area is 138 Å². The molecule has 1 aromatic carbocycles. The van der Waals surface area contributed by atoms with Gasteiger partial charge in [0.25, 0.3) is 0 Å². The molecule has 8 heteroatoms. The van der Waals surface area contributed by atoms with Crippen LogP contribution in [0, 0.1) is 0 Å². The maximum atomic E-state index is 12.3. The largest absolute Gasteiger partial charge is 0.486 e. The Morgan fingerprint density at radius 3 is 2.74 bits per heavy atom. The Morgan fingerprint density at radius 1 is 1.22 bits per heavy atom. The van der Waals surface area contributed by atoms with Crippen molar-refractivity contribution in [1.82, 2.24) is 4.72 Å². The first kappa shape index (κ1) is 16.3. The Kier molecular flexibility index (Phi) is 4.86. The predicted molar refractivity (Wildman–Crippen MR) is 86.5 cm³/mol. The zero-order valence-corrected chi connectivity index (χ0v) is 13.9. The molecule has 0 saturated carbocycles. The van der Waals surface area contributed by atoms with Gasteiger partial charge in [0, 0.05) is 17.5 Å². The van der Waals surface area contributed by atoms with Gasteiger partial charge in [-0.25, -0.2) is 13.1 Å². The van der Waals surface area contributed by atoms with Gasteiger partial charge >= 0.3 is 0 Å². The summed E-state index contributed by atoms with van der Waals surface area (Å²) in [4.78, 5) is 0.941. The van der Waals surface area contributed by atoms with E-state index in [9.17, 15) is 13.5 Å². The number of aliphatic hydroxyl groups excluding tert-OH is 1. The lowest BCUT2D eigenvalue weighted by molar-refractivity contribution is 0.171. The van der Waals surface area contributed by atoms with Crippen LogP contribution in [0.4, 0.5) is 0 Å². The lowest BCUT2D eigenvalue weighted by Gasteiger charge is -2.19. The molecular formula is C15H17NO5S2. The molecule has 1 aromatic heterocycles. The molecule has 0 aliphatic carbocycles. The van der Waals surface area contributed by atoms with Crippen LogP contribution in [0.1, 0.15) is 17.4 Å². The second-order valence-corrected chi connectivity index (χ2v) is 7.77. The van der Waals surface area contributed by atoms with Crippen LogP contribution in [-0.2, 0) is 10.0 Å². The molecule has 6 nitrogen and oxygen atoms in total. The summed E-state index contributed by atoms with van der Waals surface area (Å²) in [7, 11) is -3.65. The number of hydrogen-bond acceptors (Lipinski definition) is 6. The lowest BCUT2D eigenvalue weighted by atomic mass is 10.2. The first-order chi connectivity index (χ1) is 11.1. The number of fused-ring (bicyclic) bond motifs is 1. The third kappa shape index (κ3) is 3.84. The maximum Gasteiger partial charge on any atom is 0.240 e. The molecule has 1 aliphatic heterocycles. The van der Waals surface area contributed by atoms with E-state index in [1.165, 1.54) is 23.5 Å². The van der Waals surface area contributed by atoms with Gasteiger partial charge in [0.15, 0.2) is 11.5 Å². The summed E-state index contributed by atoms with van der Waals surface area (Å²) in [5, 5.41) is 11.8. The van der Waals surface area contributed by atoms with Crippen molar-refractivity contribution in [2.45, 2.75) is 17.4 Å². The summed E-state index contributed by atoms with van der Waals surface area (Å²) in [5.74, 6) is 0.973. The zero-order chi connectivity index (χ0) is 16.3. The number of benzene rings is 1. The highest BCUT2D eigenvalue weighted by Gasteiger charge is 2.19. The molecule has 1 unspecified atom stereocenters. The number of ether oxygens (including phenoxy) is 2. The van der Waals surface area contributed by atoms with E-state index in [1.54, 1.807) is 6.07 Å². The summed E-state index contributed by atoms with van der Waals surface area (Å²) in [6.45, 7) is 1.00. The first-order valence-electron chi connectivity index (χ1n) is 7.17. The average molecular weight is 355 g/mol. The van der Waals surface area contributed by atoms with Gasteiger partial charge in [0.1, 0.15) is 13.2 Å². The highest BCUT2D eigenvalue weighted by molar-refractivity contribution is 7.89. The van der Waals surface area contributed by atoms with E-state index in [2.05, 4.69) is 4.72 Å². The monoisotopic (exact) mass is 355 g/mol. The van der Waals surface area contributed by atoms with Gasteiger partial charge in [0.2, 0.25) is 10.0 Å². The minimum absolute atomic E-state index is 0.118. The van der Waals surface area contributed by atoms with Gasteiger partial charge in [0.05, 0.1) is 11.0 Å². The molecule has 2 heterocycles. The summed E-state index contributed by atoms with van der Waals surface area (Å²) < 4.78 is 37.9. The Hall–Kier alpha value is -1.61. The Morgan fingerprint density at radius 2 is 2.00 bits per heavy atom. The van der Waals surface area contributed by atoms with Crippen molar-refractivity contribution in [2.75, 3.05) is 19.8 Å². The second kappa shape index (κ2) is 6.88. The summed E-state index contributed by atoms with van der Waals surface area (Å²) in [6.07, 6.45) is -0.359. The summed E-state index contributed by atoms with van der Waals surface area (Å²) >= 11 is 1.44. The van der Waals surface area contributed by atoms with E-state index in [-0.39, 0.29) is 11.4 Å². The van der Waals surface area contributed by atoms with Crippen molar-refractivity contribution in [3.05, 3.63) is 40.6 Å². The molecule has 0 spiro atoms. The van der Waals surface area contributed by atoms with Crippen molar-refractivity contribution >= 4 is 21.4 Å². The number of hydrogen-bond donors (Lipinski definition) is 2. The number of nitrogens with one attached hydrogen (secondary N) is 1. The molecule has 124 valence electrons. The predicted octanol–water partition coefficient (Wildman–Crippen LogP) is 1.92. The van der Waals surface area contributed by atoms with E-state index in [0.29, 0.717) is 31.1 Å². The molecule has 3 rings (SSSR count). The van der Waals surface area contributed by atoms with Gasteiger partial charge in [-0.1, -0.05) is 6.07 Å². The van der Waals surface area contributed by atoms with Crippen molar-refractivity contribution < 1.29 is 23.0 Å². The molecule has 1 aliphatic rings. The molecule has 0 bridgehead atoms. The SMILES string of the molecule is O=S(=O)(NCCC(O)c1cccs1)c1ccc2c(c1)OCCO2. The number of sulfonamides is 1. The van der Waals surface area contributed by atoms with Crippen LogP contribution in [0.5, 0.6) is 11.5 Å². The molecule has 23 heavy (non-hydrogen) atoms. The molecule has 0 saturated heterocycles. The molecular weight excluding hydrogens is 338 g/mol. The van der Waals surface area contributed by atoms with Crippen LogP contribution in [0.3, 0.4) is 0 Å². The van der Waals surface area contributed by atoms with E-state index in [4.69, 9.17) is 9.47 Å². The van der Waals surface area contributed by atoms with Gasteiger partial charge < -0.3 is 14.6 Å². The zero-order valence-electron chi connectivity index (χ0n) is 12.3. The average Bonchev–Trinajstić information content (AvgIpc) is 3.08. The summed E-state index contributed by atoms with van der Waals surface area (Å²) in [5.41, 5.74) is 0. The van der Waals surface area contributed by atoms with Crippen LogP contribution in [0.15, 0.2) is 40.6 Å². The minimum atomic E-state index is -3.65. The fourth-order valence-corrected chi connectivity index (χ4v) is 4.04. The van der Waals surface area contributed by atoms with Crippen LogP contribution >= 0.6 is 11.3 Å². The molecule has 0 radical (unpaired) electrons. The van der Waals surface area contributed by atoms with E-state index in [1.807, 2.05) is 17.5 Å². The molecule has 2 N–H and O–H groups in total. The van der Waals surface area contributed by atoms with Crippen molar-refractivity contribution in [1.29, 1.82) is 0 Å². The van der Waals surface area contributed by atoms with Crippen LogP contribution < -0.4 is 14.2 Å². The molecule has 2 aromatic rings. The van der Waals surface area contributed by atoms with Crippen molar-refractivity contribution in [3.8, 4) is 11.5 Å². The number of rotatable bonds is 6. The van der Waals surface area contributed by atoms with Gasteiger partial charge in [-0.15, -0.1) is 11.3 Å². The quantitative estimate of drug-likeness (QED) is 0.827. The maximum absolute atomic E-state index is 12.3. The van der Waals surface area contributed by atoms with Gasteiger partial charge in [-0.2, -0.15) is 0 Å². The topological polar surface area (TPSA) is 84.9 Å². The smallest absolute Gasteiger partial charge is 0.240 e. The minimum Gasteiger partial charge on any atom is -0.486 e. The third-order valence-corrected chi connectivity index (χ3v) is 5.84. The lowest BCUT2D eigenvalue weighted by Crippen LogP contribution is -2.26. The first-order valence-corrected chi connectivity index (χ1v) is 9.53. The van der Waals surface area contributed by atoms with E-state index >= 15 is 0 Å². The molecule has 0 fully saturated rings. The summed E-state index contributed by atoms with van der Waals surface area (Å²) in [6, 6.07) is 8.19. The van der Waals surface area contributed by atoms with Crippen LogP contribution in [0.2, 0.25) is 0 Å². The van der Waals surface area contributed by atoms with Gasteiger partial charge in [-0.3, -0.25) is 0 Å². The van der Waals surface area contributed by atoms with Crippen LogP contribution in [-0.4, -0.2) is 33.3 Å². The molecule has 0 amide bonds. The second-order valence-electron chi connectivity index (χ2n) is 5.02. The highest BCUT2D eigenvalue weighted by atomic mass is 32.2. The number of thiophene rings is 1. The molecule has 1 atom stereocenters. The van der Waals surface area contributed by atoms with Crippen LogP contribution in [0.25, 0.3) is 0 Å². The van der Waals surface area contributed by atoms with Crippen molar-refractivity contribution in [2.24, 2.45) is 0 Å². The fourth-order valence-electron chi connectivity index (χ4n) is 2.23. The normalized spacial score (nSPS) is 15.3.